The smallest absolute Gasteiger partial charge is 0.311 e. The van der Waals surface area contributed by atoms with Crippen molar-refractivity contribution >= 4 is 27.7 Å². The van der Waals surface area contributed by atoms with Crippen LogP contribution in [0.4, 0.5) is 5.82 Å². The number of pyridine rings is 1. The normalized spacial score (nSPS) is 9.86. The first kappa shape index (κ1) is 11.0. The molecule has 0 radical (unpaired) electrons. The van der Waals surface area contributed by atoms with Gasteiger partial charge in [-0.25, -0.2) is 4.98 Å². The number of carbonyl (C=O) groups is 1. The van der Waals surface area contributed by atoms with Crippen molar-refractivity contribution in [1.82, 2.24) is 4.98 Å². The van der Waals surface area contributed by atoms with Gasteiger partial charge in [-0.3, -0.25) is 4.79 Å². The lowest BCUT2D eigenvalue weighted by molar-refractivity contribution is -0.134. The number of nitrogens with two attached hydrogens (primary N) is 1. The molecule has 2 N–H and O–H groups in total. The van der Waals surface area contributed by atoms with Crippen LogP contribution in [0.3, 0.4) is 0 Å². The zero-order chi connectivity index (χ0) is 10.6. The average molecular weight is 259 g/mol. The fourth-order valence-corrected chi connectivity index (χ4v) is 1.19. The Morgan fingerprint density at radius 2 is 2.43 bits per heavy atom. The minimum Gasteiger partial charge on any atom is -0.425 e. The Balaban J connectivity index is 2.75. The quantitative estimate of drug-likeness (QED) is 0.844. The molecule has 0 spiro atoms. The van der Waals surface area contributed by atoms with E-state index in [9.17, 15) is 4.79 Å². The summed E-state index contributed by atoms with van der Waals surface area (Å²) in [6, 6.07) is 1.51. The molecule has 0 amide bonds. The zero-order valence-corrected chi connectivity index (χ0v) is 9.37. The number of esters is 1. The Labute approximate surface area is 90.6 Å². The fraction of sp³-hybridized carbons (Fsp3) is 0.333. The molecular formula is C9H11BrN2O2. The van der Waals surface area contributed by atoms with Crippen LogP contribution in [0.1, 0.15) is 19.8 Å². The highest BCUT2D eigenvalue weighted by molar-refractivity contribution is 9.10. The molecule has 14 heavy (non-hydrogen) atoms. The number of aromatic nitrogens is 1. The van der Waals surface area contributed by atoms with Gasteiger partial charge in [-0.15, -0.1) is 0 Å². The van der Waals surface area contributed by atoms with Gasteiger partial charge >= 0.3 is 5.97 Å². The molecule has 0 aliphatic heterocycles. The van der Waals surface area contributed by atoms with Crippen LogP contribution in [0.15, 0.2) is 16.7 Å². The van der Waals surface area contributed by atoms with Crippen molar-refractivity contribution in [3.8, 4) is 5.75 Å². The minimum absolute atomic E-state index is 0.265. The Morgan fingerprint density at radius 3 is 3.07 bits per heavy atom. The first-order chi connectivity index (χ1) is 6.63. The topological polar surface area (TPSA) is 65.2 Å². The van der Waals surface area contributed by atoms with Gasteiger partial charge in [0.15, 0.2) is 0 Å². The first-order valence-corrected chi connectivity index (χ1v) is 5.04. The van der Waals surface area contributed by atoms with Crippen molar-refractivity contribution < 1.29 is 9.53 Å². The molecule has 0 bridgehead atoms. The van der Waals surface area contributed by atoms with Crippen LogP contribution in [0.5, 0.6) is 5.75 Å². The predicted octanol–water partition coefficient (Wildman–Crippen LogP) is 2.13. The number of nitrogens with zero attached hydrogens (tertiary/aromatic N) is 1. The van der Waals surface area contributed by atoms with E-state index in [0.29, 0.717) is 22.5 Å². The molecule has 4 nitrogen and oxygen atoms in total. The van der Waals surface area contributed by atoms with Gasteiger partial charge < -0.3 is 10.5 Å². The maximum atomic E-state index is 11.2. The number of ether oxygens (including phenoxy) is 1. The van der Waals surface area contributed by atoms with Crippen molar-refractivity contribution in [2.45, 2.75) is 19.8 Å². The van der Waals surface area contributed by atoms with Crippen molar-refractivity contribution in [3.05, 3.63) is 16.7 Å². The summed E-state index contributed by atoms with van der Waals surface area (Å²) in [4.78, 5) is 15.0. The lowest BCUT2D eigenvalue weighted by Crippen LogP contribution is -2.07. The molecule has 0 aromatic carbocycles. The molecule has 0 aliphatic rings. The van der Waals surface area contributed by atoms with E-state index in [1.165, 1.54) is 12.3 Å². The molecular weight excluding hydrogens is 248 g/mol. The van der Waals surface area contributed by atoms with Crippen LogP contribution in [0.2, 0.25) is 0 Å². The molecule has 5 heteroatoms. The summed E-state index contributed by atoms with van der Waals surface area (Å²) in [7, 11) is 0. The van der Waals surface area contributed by atoms with E-state index in [4.69, 9.17) is 10.5 Å². The van der Waals surface area contributed by atoms with Crippen LogP contribution in [-0.4, -0.2) is 11.0 Å². The van der Waals surface area contributed by atoms with Crippen molar-refractivity contribution in [3.63, 3.8) is 0 Å². The average Bonchev–Trinajstić information content (AvgIpc) is 2.12. The van der Waals surface area contributed by atoms with Gasteiger partial charge in [0.25, 0.3) is 0 Å². The first-order valence-electron chi connectivity index (χ1n) is 4.25. The second kappa shape index (κ2) is 4.95. The van der Waals surface area contributed by atoms with Gasteiger partial charge in [0, 0.05) is 18.7 Å². The summed E-state index contributed by atoms with van der Waals surface area (Å²) in [6.07, 6.45) is 2.66. The number of nitrogen functional groups attached to an aromatic ring is 1. The largest absolute Gasteiger partial charge is 0.425 e. The van der Waals surface area contributed by atoms with E-state index in [1.807, 2.05) is 6.92 Å². The molecule has 1 aromatic heterocycles. The number of carbonyl (C=O) groups excluding carboxylic acids is 1. The number of hydrogen-bond donors (Lipinski definition) is 1. The monoisotopic (exact) mass is 258 g/mol. The highest BCUT2D eigenvalue weighted by atomic mass is 79.9. The molecule has 76 valence electrons. The maximum Gasteiger partial charge on any atom is 0.311 e. The van der Waals surface area contributed by atoms with Crippen molar-refractivity contribution in [2.75, 3.05) is 5.73 Å². The van der Waals surface area contributed by atoms with Gasteiger partial charge in [-0.2, -0.15) is 0 Å². The summed E-state index contributed by atoms with van der Waals surface area (Å²) >= 11 is 3.21. The second-order valence-corrected chi connectivity index (χ2v) is 3.62. The summed E-state index contributed by atoms with van der Waals surface area (Å²) in [5.41, 5.74) is 5.45. The highest BCUT2D eigenvalue weighted by Gasteiger charge is 2.07. The zero-order valence-electron chi connectivity index (χ0n) is 7.79. The van der Waals surface area contributed by atoms with Crippen LogP contribution in [-0.2, 0) is 4.79 Å². The van der Waals surface area contributed by atoms with E-state index in [0.717, 1.165) is 6.42 Å². The second-order valence-electron chi connectivity index (χ2n) is 2.76. The van der Waals surface area contributed by atoms with E-state index in [-0.39, 0.29) is 5.97 Å². The Kier molecular flexibility index (Phi) is 3.88. The molecule has 0 fully saturated rings. The number of hydrogen-bond acceptors (Lipinski definition) is 4. The van der Waals surface area contributed by atoms with E-state index in [1.54, 1.807) is 0 Å². The van der Waals surface area contributed by atoms with Gasteiger partial charge in [0.2, 0.25) is 0 Å². The molecule has 0 atom stereocenters. The fourth-order valence-electron chi connectivity index (χ4n) is 0.891. The third-order valence-corrected chi connectivity index (χ3v) is 2.11. The lowest BCUT2D eigenvalue weighted by atomic mass is 10.3. The highest BCUT2D eigenvalue weighted by Crippen LogP contribution is 2.25. The summed E-state index contributed by atoms with van der Waals surface area (Å²) < 4.78 is 5.68. The standard InChI is InChI=1S/C9H11BrN2O2/c1-2-3-9(13)14-7-4-8(11)12-5-6(7)10/h4-5H,2-3H2,1H3,(H2,11,12). The molecule has 1 aromatic rings. The predicted molar refractivity (Wildman–Crippen MR) is 56.9 cm³/mol. The Hall–Kier alpha value is -1.10. The van der Waals surface area contributed by atoms with E-state index >= 15 is 0 Å². The maximum absolute atomic E-state index is 11.2. The third-order valence-electron chi connectivity index (χ3n) is 1.52. The van der Waals surface area contributed by atoms with Crippen LogP contribution in [0.25, 0.3) is 0 Å². The van der Waals surface area contributed by atoms with Crippen molar-refractivity contribution in [1.29, 1.82) is 0 Å². The lowest BCUT2D eigenvalue weighted by Gasteiger charge is -2.05. The molecule has 0 saturated carbocycles. The van der Waals surface area contributed by atoms with E-state index < -0.39 is 0 Å². The van der Waals surface area contributed by atoms with Crippen molar-refractivity contribution in [2.24, 2.45) is 0 Å². The van der Waals surface area contributed by atoms with Crippen LogP contribution in [0, 0.1) is 0 Å². The number of rotatable bonds is 3. The summed E-state index contributed by atoms with van der Waals surface area (Å²) in [5.74, 6) is 0.474. The molecule has 1 heterocycles. The van der Waals surface area contributed by atoms with Gasteiger partial charge in [-0.1, -0.05) is 6.92 Å². The third kappa shape index (κ3) is 2.99. The minimum atomic E-state index is -0.265. The molecule has 0 unspecified atom stereocenters. The SMILES string of the molecule is CCCC(=O)Oc1cc(N)ncc1Br. The molecule has 0 aliphatic carbocycles. The molecule has 1 rings (SSSR count). The summed E-state index contributed by atoms with van der Waals surface area (Å²) in [5, 5.41) is 0. The van der Waals surface area contributed by atoms with Crippen LogP contribution >= 0.6 is 15.9 Å². The molecule has 0 saturated heterocycles. The summed E-state index contributed by atoms with van der Waals surface area (Å²) in [6.45, 7) is 1.91. The Morgan fingerprint density at radius 1 is 1.71 bits per heavy atom. The van der Waals surface area contributed by atoms with Crippen LogP contribution < -0.4 is 10.5 Å². The van der Waals surface area contributed by atoms with E-state index in [2.05, 4.69) is 20.9 Å². The Bertz CT molecular complexity index is 342. The van der Waals surface area contributed by atoms with Gasteiger partial charge in [-0.05, 0) is 22.4 Å². The van der Waals surface area contributed by atoms with Gasteiger partial charge in [0.1, 0.15) is 11.6 Å². The number of anilines is 1. The number of halogens is 1. The van der Waals surface area contributed by atoms with Gasteiger partial charge in [0.05, 0.1) is 4.47 Å².